The van der Waals surface area contributed by atoms with Crippen LogP contribution in [0, 0.1) is 0 Å². The fraction of sp³-hybridized carbons (Fsp3) is 0.294. The number of hydrogen-bond acceptors (Lipinski definition) is 5. The van der Waals surface area contributed by atoms with Gasteiger partial charge in [-0.15, -0.1) is 26.3 Å². The van der Waals surface area contributed by atoms with Crippen molar-refractivity contribution in [3.63, 3.8) is 0 Å². The second kappa shape index (κ2) is 13.4. The minimum Gasteiger partial charge on any atom is -0.511 e. The summed E-state index contributed by atoms with van der Waals surface area (Å²) in [5.41, 5.74) is 0. The van der Waals surface area contributed by atoms with Crippen molar-refractivity contribution in [1.29, 1.82) is 0 Å². The first-order valence-electron chi connectivity index (χ1n) is 14.4. The number of hydrogen-bond donors (Lipinski definition) is 2. The molecule has 13 heteroatoms. The fourth-order valence-electron chi connectivity index (χ4n) is 5.83. The van der Waals surface area contributed by atoms with Crippen molar-refractivity contribution in [1.82, 2.24) is 0 Å². The van der Waals surface area contributed by atoms with E-state index in [9.17, 15) is 26.3 Å². The Morgan fingerprint density at radius 1 is 0.574 bits per heavy atom. The van der Waals surface area contributed by atoms with Crippen molar-refractivity contribution in [3.05, 3.63) is 84.9 Å². The fourth-order valence-corrected chi connectivity index (χ4v) is 9.90. The zero-order valence-electron chi connectivity index (χ0n) is 26.5. The van der Waals surface area contributed by atoms with Crippen molar-refractivity contribution in [3.8, 4) is 17.2 Å². The Bertz CT molecular complexity index is 1820. The Balaban J connectivity index is 0.000000214. The van der Waals surface area contributed by atoms with Crippen LogP contribution >= 0.6 is 7.92 Å². The van der Waals surface area contributed by atoms with E-state index >= 15 is 0 Å². The molecule has 0 aliphatic heterocycles. The average molecular weight is 678 g/mol. The van der Waals surface area contributed by atoms with Crippen LogP contribution in [0.5, 0.6) is 17.2 Å². The second-order valence-electron chi connectivity index (χ2n) is 12.7. The van der Waals surface area contributed by atoms with Crippen LogP contribution in [-0.4, -0.2) is 40.4 Å². The molecule has 0 saturated carbocycles. The van der Waals surface area contributed by atoms with Crippen molar-refractivity contribution in [2.45, 2.75) is 64.6 Å². The van der Waals surface area contributed by atoms with E-state index in [0.29, 0.717) is 17.1 Å². The maximum atomic E-state index is 12.5. The summed E-state index contributed by atoms with van der Waals surface area (Å²) >= 11 is 0. The highest BCUT2D eigenvalue weighted by atomic mass is 31.1. The minimum absolute atomic E-state index is 0.344. The highest BCUT2D eigenvalue weighted by molar-refractivity contribution is 7.68. The number of rotatable bonds is 5. The second-order valence-corrected chi connectivity index (χ2v) is 16.6. The molecule has 0 aromatic heterocycles. The molecule has 2 N–H and O–H groups in total. The summed E-state index contributed by atoms with van der Waals surface area (Å²) in [7, 11) is -2.98. The van der Waals surface area contributed by atoms with Crippen LogP contribution in [0.15, 0.2) is 84.9 Å². The number of alkyl halides is 6. The van der Waals surface area contributed by atoms with E-state index in [1.54, 1.807) is 6.07 Å². The third kappa shape index (κ3) is 9.66. The summed E-state index contributed by atoms with van der Waals surface area (Å²) in [6.45, 7) is 11.4. The van der Waals surface area contributed by atoms with Gasteiger partial charge in [-0.25, -0.2) is 0 Å². The van der Waals surface area contributed by atoms with Gasteiger partial charge in [-0.05, 0) is 72.9 Å². The van der Waals surface area contributed by atoms with Gasteiger partial charge in [0.1, 0.15) is 17.2 Å². The average Bonchev–Trinajstić information content (AvgIpc) is 2.88. The van der Waals surface area contributed by atoms with Crippen LogP contribution in [0.4, 0.5) is 26.3 Å². The lowest BCUT2D eigenvalue weighted by molar-refractivity contribution is -0.276. The number of benzene rings is 5. The van der Waals surface area contributed by atoms with Gasteiger partial charge in [-0.2, -0.15) is 0 Å². The Labute approximate surface area is 270 Å². The van der Waals surface area contributed by atoms with E-state index in [-0.39, 0.29) is 10.3 Å². The monoisotopic (exact) mass is 678 g/mol. The highest BCUT2D eigenvalue weighted by Crippen LogP contribution is 2.59. The van der Waals surface area contributed by atoms with Gasteiger partial charge in [0.25, 0.3) is 0 Å². The lowest BCUT2D eigenvalue weighted by Gasteiger charge is -2.42. The quantitative estimate of drug-likeness (QED) is 0.0637. The van der Waals surface area contributed by atoms with Crippen molar-refractivity contribution in [2.24, 2.45) is 0 Å². The maximum Gasteiger partial charge on any atom is 0.707 e. The van der Waals surface area contributed by atoms with E-state index in [4.69, 9.17) is 14.7 Å². The lowest BCUT2D eigenvalue weighted by atomic mass is 9.97. The predicted octanol–water partition coefficient (Wildman–Crippen LogP) is 9.68. The van der Waals surface area contributed by atoms with Crippen molar-refractivity contribution >= 4 is 52.9 Å². The smallest absolute Gasteiger partial charge is 0.511 e. The summed E-state index contributed by atoms with van der Waals surface area (Å²) in [6, 6.07) is 25.0. The van der Waals surface area contributed by atoms with Gasteiger partial charge in [0.2, 0.25) is 0 Å². The molecule has 0 fully saturated rings. The van der Waals surface area contributed by atoms with E-state index < -0.39 is 39.5 Å². The van der Waals surface area contributed by atoms with Crippen LogP contribution < -0.4 is 19.4 Å². The molecule has 0 saturated heterocycles. The zero-order valence-corrected chi connectivity index (χ0v) is 27.4. The summed E-state index contributed by atoms with van der Waals surface area (Å²) in [4.78, 5) is 0. The molecule has 0 aliphatic carbocycles. The molecule has 0 amide bonds. The van der Waals surface area contributed by atoms with E-state index in [2.05, 4.69) is 39.8 Å². The Hall–Kier alpha value is -3.73. The standard InChI is InChI=1S/C18H13BO3.C16H21F6O2P/c20-19(21)22-17-7-3-6-12-8-9-15-10-13-4-1-2-5-14(13)11-16(15)18(12)17;1-13(2,3)25(14(4,5)6)12-8-10(23-15(17,18)19)7-11(9-12)24-16(20,21)22/h1-11,20-21H;7-9H,1-6H3. The van der Waals surface area contributed by atoms with Gasteiger partial charge in [-0.3, -0.25) is 0 Å². The summed E-state index contributed by atoms with van der Waals surface area (Å²) in [5, 5.41) is 24.2. The van der Waals surface area contributed by atoms with E-state index in [0.717, 1.165) is 39.1 Å². The van der Waals surface area contributed by atoms with Crippen LogP contribution in [0.3, 0.4) is 0 Å². The first kappa shape index (κ1) is 36.1. The molecule has 250 valence electrons. The largest absolute Gasteiger partial charge is 0.707 e. The molecule has 0 heterocycles. The topological polar surface area (TPSA) is 68.2 Å². The maximum absolute atomic E-state index is 12.5. The Morgan fingerprint density at radius 3 is 1.55 bits per heavy atom. The van der Waals surface area contributed by atoms with Gasteiger partial charge in [0.15, 0.2) is 0 Å². The molecule has 5 rings (SSSR count). The van der Waals surface area contributed by atoms with E-state index in [1.807, 2.05) is 71.9 Å². The molecule has 0 spiro atoms. The molecule has 0 atom stereocenters. The zero-order chi connectivity index (χ0) is 34.9. The van der Waals surface area contributed by atoms with Gasteiger partial charge in [-0.1, -0.05) is 98.0 Å². The number of ether oxygens (including phenoxy) is 2. The van der Waals surface area contributed by atoms with Crippen LogP contribution in [0.25, 0.3) is 32.3 Å². The van der Waals surface area contributed by atoms with Gasteiger partial charge in [0.05, 0.1) is 0 Å². The van der Waals surface area contributed by atoms with Gasteiger partial charge < -0.3 is 24.2 Å². The number of halogens is 6. The first-order chi connectivity index (χ1) is 21.6. The molecular formula is C34H34BF6O5P. The Morgan fingerprint density at radius 2 is 1.06 bits per heavy atom. The van der Waals surface area contributed by atoms with Gasteiger partial charge in [0, 0.05) is 11.5 Å². The lowest BCUT2D eigenvalue weighted by Crippen LogP contribution is -2.31. The van der Waals surface area contributed by atoms with Crippen LogP contribution in [0.1, 0.15) is 41.5 Å². The molecule has 47 heavy (non-hydrogen) atoms. The van der Waals surface area contributed by atoms with Gasteiger partial charge >= 0.3 is 20.0 Å². The summed E-state index contributed by atoms with van der Waals surface area (Å²) in [5.74, 6) is -0.996. The SMILES string of the molecule is CC(C)(C)P(c1cc(OC(F)(F)F)cc(OC(F)(F)F)c1)C(C)(C)C.OB(O)Oc1cccc2ccc3cc4ccccc4cc3c12. The Kier molecular flexibility index (Phi) is 10.3. The molecule has 5 aromatic rings. The molecule has 5 nitrogen and oxygen atoms in total. The minimum atomic E-state index is -5.01. The van der Waals surface area contributed by atoms with Crippen LogP contribution in [0.2, 0.25) is 0 Å². The highest BCUT2D eigenvalue weighted by Gasteiger charge is 2.38. The molecular weight excluding hydrogens is 644 g/mol. The molecule has 0 aliphatic rings. The third-order valence-corrected chi connectivity index (χ3v) is 10.3. The van der Waals surface area contributed by atoms with Crippen molar-refractivity contribution in [2.75, 3.05) is 0 Å². The first-order valence-corrected chi connectivity index (χ1v) is 15.8. The third-order valence-electron chi connectivity index (χ3n) is 6.85. The normalized spacial score (nSPS) is 12.7. The molecule has 0 unspecified atom stereocenters. The van der Waals surface area contributed by atoms with E-state index in [1.165, 1.54) is 5.39 Å². The number of fused-ring (bicyclic) bond motifs is 4. The van der Waals surface area contributed by atoms with Crippen LogP contribution in [-0.2, 0) is 0 Å². The summed E-state index contributed by atoms with van der Waals surface area (Å²) in [6.07, 6.45) is -10.0. The van der Waals surface area contributed by atoms with Crippen molar-refractivity contribution < 1.29 is 50.5 Å². The molecule has 0 bridgehead atoms. The predicted molar refractivity (Wildman–Crippen MR) is 176 cm³/mol. The molecule has 0 radical (unpaired) electrons. The summed E-state index contributed by atoms with van der Waals surface area (Å²) < 4.78 is 88.0. The molecule has 5 aromatic carbocycles.